The molecule has 1 aromatic heterocycles. The van der Waals surface area contributed by atoms with E-state index in [4.69, 9.17) is 11.5 Å². The Morgan fingerprint density at radius 3 is 2.81 bits per heavy atom. The summed E-state index contributed by atoms with van der Waals surface area (Å²) in [6, 6.07) is 0. The third-order valence-corrected chi connectivity index (χ3v) is 1.78. The predicted octanol–water partition coefficient (Wildman–Crippen LogP) is -1.76. The Morgan fingerprint density at radius 2 is 2.25 bits per heavy atom. The van der Waals surface area contributed by atoms with Gasteiger partial charge in [-0.1, -0.05) is 0 Å². The number of hydrogen-bond acceptors (Lipinski definition) is 5. The molecule has 0 saturated heterocycles. The second-order valence-electron chi connectivity index (χ2n) is 3.22. The van der Waals surface area contributed by atoms with Crippen molar-refractivity contribution in [1.29, 1.82) is 0 Å². The molecular formula is C8H14N6O2. The van der Waals surface area contributed by atoms with Gasteiger partial charge in [-0.3, -0.25) is 9.59 Å². The molecule has 1 aromatic rings. The molecule has 8 heteroatoms. The smallest absolute Gasteiger partial charge is 0.241 e. The second kappa shape index (κ2) is 5.69. The highest BCUT2D eigenvalue weighted by atomic mass is 16.2. The summed E-state index contributed by atoms with van der Waals surface area (Å²) in [5.41, 5.74) is 10.2. The summed E-state index contributed by atoms with van der Waals surface area (Å²) >= 11 is 0. The zero-order chi connectivity index (χ0) is 12.0. The summed E-state index contributed by atoms with van der Waals surface area (Å²) in [5.74, 6) is -0.464. The normalized spacial score (nSPS) is 10.0. The van der Waals surface area contributed by atoms with E-state index in [1.807, 2.05) is 0 Å². The standard InChI is InChI=1S/C8H14N6O2/c9-6(15)2-1-3-11-7(16)4-14-5-12-8(10)13-14/h5H,1-4H2,(H2,9,15)(H2,10,13)(H,11,16). The number of nitrogens with zero attached hydrogens (tertiary/aromatic N) is 3. The largest absolute Gasteiger partial charge is 0.370 e. The summed E-state index contributed by atoms with van der Waals surface area (Å²) in [6.45, 7) is 0.465. The molecule has 0 aromatic carbocycles. The molecule has 0 unspecified atom stereocenters. The van der Waals surface area contributed by atoms with Gasteiger partial charge < -0.3 is 16.8 Å². The maximum Gasteiger partial charge on any atom is 0.241 e. The number of carbonyl (C=O) groups excluding carboxylic acids is 2. The van der Waals surface area contributed by atoms with Crippen molar-refractivity contribution in [2.45, 2.75) is 19.4 Å². The first-order chi connectivity index (χ1) is 7.58. The number of amides is 2. The lowest BCUT2D eigenvalue weighted by Gasteiger charge is -2.03. The molecule has 0 aliphatic heterocycles. The van der Waals surface area contributed by atoms with Gasteiger partial charge in [-0.25, -0.2) is 9.67 Å². The molecule has 8 nitrogen and oxygen atoms in total. The second-order valence-corrected chi connectivity index (χ2v) is 3.22. The van der Waals surface area contributed by atoms with E-state index < -0.39 is 0 Å². The molecule has 16 heavy (non-hydrogen) atoms. The first-order valence-electron chi connectivity index (χ1n) is 4.78. The summed E-state index contributed by atoms with van der Waals surface area (Å²) in [7, 11) is 0. The zero-order valence-electron chi connectivity index (χ0n) is 8.72. The Balaban J connectivity index is 2.18. The van der Waals surface area contributed by atoms with Crippen molar-refractivity contribution in [1.82, 2.24) is 20.1 Å². The van der Waals surface area contributed by atoms with Crippen LogP contribution in [0.25, 0.3) is 0 Å². The van der Waals surface area contributed by atoms with Crippen molar-refractivity contribution < 1.29 is 9.59 Å². The van der Waals surface area contributed by atoms with E-state index in [2.05, 4.69) is 15.4 Å². The lowest BCUT2D eigenvalue weighted by Crippen LogP contribution is -2.29. The highest BCUT2D eigenvalue weighted by molar-refractivity contribution is 5.76. The van der Waals surface area contributed by atoms with Gasteiger partial charge in [0.25, 0.3) is 0 Å². The molecule has 0 saturated carbocycles. The number of anilines is 1. The average Bonchev–Trinajstić information content (AvgIpc) is 2.58. The van der Waals surface area contributed by atoms with Gasteiger partial charge in [-0.2, -0.15) is 0 Å². The number of aromatic nitrogens is 3. The van der Waals surface area contributed by atoms with Crippen LogP contribution in [0.15, 0.2) is 6.33 Å². The van der Waals surface area contributed by atoms with Crippen LogP contribution in [0.4, 0.5) is 5.95 Å². The maximum absolute atomic E-state index is 11.3. The van der Waals surface area contributed by atoms with Crippen molar-refractivity contribution in [3.05, 3.63) is 6.33 Å². The van der Waals surface area contributed by atoms with Crippen molar-refractivity contribution in [2.24, 2.45) is 5.73 Å². The van der Waals surface area contributed by atoms with Crippen LogP contribution in [-0.4, -0.2) is 33.1 Å². The Kier molecular flexibility index (Phi) is 4.25. The van der Waals surface area contributed by atoms with Gasteiger partial charge in [0, 0.05) is 13.0 Å². The van der Waals surface area contributed by atoms with Gasteiger partial charge in [0.05, 0.1) is 0 Å². The fraction of sp³-hybridized carbons (Fsp3) is 0.500. The minimum atomic E-state index is -0.377. The third-order valence-electron chi connectivity index (χ3n) is 1.78. The molecule has 0 spiro atoms. The monoisotopic (exact) mass is 226 g/mol. The quantitative estimate of drug-likeness (QED) is 0.495. The topological polar surface area (TPSA) is 129 Å². The molecule has 2 amide bonds. The Hall–Kier alpha value is -2.12. The summed E-state index contributed by atoms with van der Waals surface area (Å²) in [6.07, 6.45) is 2.16. The number of rotatable bonds is 6. The number of hydrogen-bond donors (Lipinski definition) is 3. The van der Waals surface area contributed by atoms with Gasteiger partial charge in [-0.05, 0) is 6.42 Å². The molecule has 1 heterocycles. The Morgan fingerprint density at radius 1 is 1.50 bits per heavy atom. The van der Waals surface area contributed by atoms with E-state index in [9.17, 15) is 9.59 Å². The minimum absolute atomic E-state index is 0.0563. The molecule has 0 aliphatic carbocycles. The van der Waals surface area contributed by atoms with E-state index >= 15 is 0 Å². The Labute approximate surface area is 92.0 Å². The molecular weight excluding hydrogens is 212 g/mol. The van der Waals surface area contributed by atoms with Gasteiger partial charge >= 0.3 is 0 Å². The van der Waals surface area contributed by atoms with E-state index in [-0.39, 0.29) is 30.7 Å². The Bertz CT molecular complexity index is 374. The van der Waals surface area contributed by atoms with Crippen molar-refractivity contribution in [2.75, 3.05) is 12.3 Å². The summed E-state index contributed by atoms with van der Waals surface area (Å²) in [5, 5.41) is 6.38. The SMILES string of the molecule is NC(=O)CCCNC(=O)Cn1cnc(N)n1. The number of primary amides is 1. The first kappa shape index (κ1) is 12.0. The van der Waals surface area contributed by atoms with E-state index in [0.717, 1.165) is 0 Å². The molecule has 1 rings (SSSR count). The van der Waals surface area contributed by atoms with Gasteiger partial charge in [0.1, 0.15) is 12.9 Å². The molecule has 0 atom stereocenters. The van der Waals surface area contributed by atoms with Crippen LogP contribution in [0.3, 0.4) is 0 Å². The van der Waals surface area contributed by atoms with E-state index in [1.54, 1.807) is 0 Å². The summed E-state index contributed by atoms with van der Waals surface area (Å²) in [4.78, 5) is 25.4. The van der Waals surface area contributed by atoms with E-state index in [0.29, 0.717) is 13.0 Å². The fourth-order valence-corrected chi connectivity index (χ4v) is 1.08. The van der Waals surface area contributed by atoms with Crippen LogP contribution in [0.5, 0.6) is 0 Å². The van der Waals surface area contributed by atoms with Crippen LogP contribution in [-0.2, 0) is 16.1 Å². The van der Waals surface area contributed by atoms with Crippen LogP contribution in [0.2, 0.25) is 0 Å². The van der Waals surface area contributed by atoms with Gasteiger partial charge in [0.2, 0.25) is 17.8 Å². The van der Waals surface area contributed by atoms with Crippen molar-refractivity contribution in [3.63, 3.8) is 0 Å². The van der Waals surface area contributed by atoms with Crippen LogP contribution < -0.4 is 16.8 Å². The highest BCUT2D eigenvalue weighted by Gasteiger charge is 2.04. The van der Waals surface area contributed by atoms with Crippen LogP contribution in [0.1, 0.15) is 12.8 Å². The summed E-state index contributed by atoms with van der Waals surface area (Å²) < 4.78 is 1.33. The third kappa shape index (κ3) is 4.40. The zero-order valence-corrected chi connectivity index (χ0v) is 8.72. The lowest BCUT2D eigenvalue weighted by atomic mass is 10.3. The number of nitrogens with two attached hydrogens (primary N) is 2. The molecule has 0 radical (unpaired) electrons. The lowest BCUT2D eigenvalue weighted by molar-refractivity contribution is -0.122. The van der Waals surface area contributed by atoms with Crippen LogP contribution in [0, 0.1) is 0 Å². The molecule has 0 fully saturated rings. The minimum Gasteiger partial charge on any atom is -0.370 e. The van der Waals surface area contributed by atoms with E-state index in [1.165, 1.54) is 11.0 Å². The van der Waals surface area contributed by atoms with Crippen molar-refractivity contribution >= 4 is 17.8 Å². The molecule has 0 aliphatic rings. The van der Waals surface area contributed by atoms with Gasteiger partial charge in [0.15, 0.2) is 0 Å². The number of nitrogen functional groups attached to an aromatic ring is 1. The fourth-order valence-electron chi connectivity index (χ4n) is 1.08. The molecule has 5 N–H and O–H groups in total. The van der Waals surface area contributed by atoms with Crippen LogP contribution >= 0.6 is 0 Å². The predicted molar refractivity (Wildman–Crippen MR) is 55.9 cm³/mol. The van der Waals surface area contributed by atoms with Crippen molar-refractivity contribution in [3.8, 4) is 0 Å². The van der Waals surface area contributed by atoms with Gasteiger partial charge in [-0.15, -0.1) is 5.10 Å². The maximum atomic E-state index is 11.3. The first-order valence-corrected chi connectivity index (χ1v) is 4.78. The molecule has 88 valence electrons. The average molecular weight is 226 g/mol. The molecule has 0 bridgehead atoms. The number of nitrogens with one attached hydrogen (secondary N) is 1. The highest BCUT2D eigenvalue weighted by Crippen LogP contribution is 1.89. The number of carbonyl (C=O) groups is 2.